The smallest absolute Gasteiger partial charge is 0.167 e. The molecule has 74 valence electrons. The molecule has 0 amide bonds. The Kier molecular flexibility index (Phi) is 2.02. The molecule has 3 heteroatoms. The van der Waals surface area contributed by atoms with Crippen LogP contribution in [0, 0.1) is 19.8 Å². The lowest BCUT2D eigenvalue weighted by Crippen LogP contribution is -2.06. The number of aromatic hydroxyl groups is 1. The van der Waals surface area contributed by atoms with Gasteiger partial charge in [0.05, 0.1) is 5.69 Å². The van der Waals surface area contributed by atoms with E-state index in [1.165, 1.54) is 0 Å². The van der Waals surface area contributed by atoms with Crippen LogP contribution in [0.2, 0.25) is 0 Å². The molecule has 1 saturated carbocycles. The number of carbonyl (C=O) groups is 1. The maximum absolute atomic E-state index is 11.7. The third-order valence-electron chi connectivity index (χ3n) is 2.59. The summed E-state index contributed by atoms with van der Waals surface area (Å²) in [5.41, 5.74) is 1.88. The van der Waals surface area contributed by atoms with Gasteiger partial charge in [-0.15, -0.1) is 0 Å². The van der Waals surface area contributed by atoms with Gasteiger partial charge in [0.2, 0.25) is 0 Å². The molecule has 2 rings (SSSR count). The molecule has 0 saturated heterocycles. The molecule has 1 fully saturated rings. The number of hydrogen-bond acceptors (Lipinski definition) is 3. The highest BCUT2D eigenvalue weighted by Gasteiger charge is 2.31. The molecule has 0 atom stereocenters. The normalized spacial score (nSPS) is 15.6. The summed E-state index contributed by atoms with van der Waals surface area (Å²) >= 11 is 0. The minimum absolute atomic E-state index is 0.111. The predicted octanol–water partition coefficient (Wildman–Crippen LogP) is 2.00. The molecule has 1 aromatic heterocycles. The van der Waals surface area contributed by atoms with E-state index in [9.17, 15) is 9.90 Å². The summed E-state index contributed by atoms with van der Waals surface area (Å²) in [4.78, 5) is 15.9. The molecule has 1 heterocycles. The van der Waals surface area contributed by atoms with Gasteiger partial charge >= 0.3 is 0 Å². The van der Waals surface area contributed by atoms with Crippen molar-refractivity contribution in [2.24, 2.45) is 5.92 Å². The van der Waals surface area contributed by atoms with Gasteiger partial charge in [-0.25, -0.2) is 0 Å². The number of aryl methyl sites for hydroxylation is 2. The Balaban J connectivity index is 2.41. The van der Waals surface area contributed by atoms with E-state index < -0.39 is 0 Å². The second-order valence-corrected chi connectivity index (χ2v) is 3.86. The third kappa shape index (κ3) is 1.50. The highest BCUT2D eigenvalue weighted by atomic mass is 16.3. The second kappa shape index (κ2) is 3.08. The highest BCUT2D eigenvalue weighted by molar-refractivity contribution is 6.00. The van der Waals surface area contributed by atoms with Crippen LogP contribution in [0.15, 0.2) is 6.07 Å². The van der Waals surface area contributed by atoms with Crippen LogP contribution in [0.3, 0.4) is 0 Å². The Morgan fingerprint density at radius 2 is 2.07 bits per heavy atom. The molecule has 1 aromatic rings. The molecule has 0 aromatic carbocycles. The van der Waals surface area contributed by atoms with Crippen molar-refractivity contribution in [3.63, 3.8) is 0 Å². The largest absolute Gasteiger partial charge is 0.506 e. The van der Waals surface area contributed by atoms with Gasteiger partial charge < -0.3 is 5.11 Å². The monoisotopic (exact) mass is 191 g/mol. The Labute approximate surface area is 82.8 Å². The van der Waals surface area contributed by atoms with Crippen LogP contribution in [-0.4, -0.2) is 15.9 Å². The lowest BCUT2D eigenvalue weighted by Gasteiger charge is -2.06. The summed E-state index contributed by atoms with van der Waals surface area (Å²) in [6.45, 7) is 3.54. The van der Waals surface area contributed by atoms with Crippen molar-refractivity contribution in [3.8, 4) is 5.75 Å². The molecule has 0 bridgehead atoms. The number of ketones is 1. The van der Waals surface area contributed by atoms with Gasteiger partial charge in [0, 0.05) is 17.2 Å². The van der Waals surface area contributed by atoms with Crippen molar-refractivity contribution in [2.75, 3.05) is 0 Å². The fourth-order valence-electron chi connectivity index (χ4n) is 1.53. The van der Waals surface area contributed by atoms with Crippen LogP contribution in [-0.2, 0) is 0 Å². The van der Waals surface area contributed by atoms with Gasteiger partial charge in [-0.1, -0.05) is 0 Å². The van der Waals surface area contributed by atoms with Crippen molar-refractivity contribution in [1.82, 2.24) is 4.98 Å². The van der Waals surface area contributed by atoms with E-state index in [-0.39, 0.29) is 17.5 Å². The van der Waals surface area contributed by atoms with Crippen LogP contribution >= 0.6 is 0 Å². The topological polar surface area (TPSA) is 50.2 Å². The van der Waals surface area contributed by atoms with Crippen molar-refractivity contribution in [3.05, 3.63) is 23.0 Å². The lowest BCUT2D eigenvalue weighted by molar-refractivity contribution is 0.0966. The van der Waals surface area contributed by atoms with E-state index in [0.29, 0.717) is 11.3 Å². The minimum atomic E-state index is 0.111. The van der Waals surface area contributed by atoms with E-state index in [4.69, 9.17) is 0 Å². The summed E-state index contributed by atoms with van der Waals surface area (Å²) in [6.07, 6.45) is 1.96. The van der Waals surface area contributed by atoms with Crippen LogP contribution < -0.4 is 0 Å². The van der Waals surface area contributed by atoms with Crippen molar-refractivity contribution < 1.29 is 9.90 Å². The number of carbonyl (C=O) groups excluding carboxylic acids is 1. The molecule has 0 unspecified atom stereocenters. The zero-order chi connectivity index (χ0) is 10.3. The van der Waals surface area contributed by atoms with Gasteiger partial charge in [-0.05, 0) is 32.8 Å². The first kappa shape index (κ1) is 9.19. The van der Waals surface area contributed by atoms with Gasteiger partial charge in [0.1, 0.15) is 5.75 Å². The standard InChI is InChI=1S/C11H13NO2/c1-6-9(11(14)8-3-4-8)5-10(13)7(2)12-6/h5,8,13H,3-4H2,1-2H3. The molecule has 1 N–H and O–H groups in total. The number of pyridine rings is 1. The molecule has 0 radical (unpaired) electrons. The van der Waals surface area contributed by atoms with Gasteiger partial charge in [-0.3, -0.25) is 9.78 Å². The van der Waals surface area contributed by atoms with Crippen LogP contribution in [0.4, 0.5) is 0 Å². The number of hydrogen-bond donors (Lipinski definition) is 1. The number of Topliss-reactive ketones (excluding diaryl/α,β-unsaturated/α-hetero) is 1. The van der Waals surface area contributed by atoms with Crippen molar-refractivity contribution >= 4 is 5.78 Å². The first-order valence-electron chi connectivity index (χ1n) is 4.81. The van der Waals surface area contributed by atoms with Crippen LogP contribution in [0.25, 0.3) is 0 Å². The van der Waals surface area contributed by atoms with Gasteiger partial charge in [0.15, 0.2) is 5.78 Å². The fraction of sp³-hybridized carbons (Fsp3) is 0.455. The Morgan fingerprint density at radius 1 is 1.43 bits per heavy atom. The third-order valence-corrected chi connectivity index (χ3v) is 2.59. The lowest BCUT2D eigenvalue weighted by atomic mass is 10.1. The first-order chi connectivity index (χ1) is 6.59. The van der Waals surface area contributed by atoms with Gasteiger partial charge in [0.25, 0.3) is 0 Å². The first-order valence-corrected chi connectivity index (χ1v) is 4.81. The minimum Gasteiger partial charge on any atom is -0.506 e. The van der Waals surface area contributed by atoms with E-state index in [1.54, 1.807) is 13.0 Å². The summed E-state index contributed by atoms with van der Waals surface area (Å²) in [5.74, 6) is 0.419. The molecule has 1 aliphatic rings. The van der Waals surface area contributed by atoms with E-state index in [1.807, 2.05) is 6.92 Å². The Morgan fingerprint density at radius 3 is 2.64 bits per heavy atom. The molecule has 14 heavy (non-hydrogen) atoms. The quantitative estimate of drug-likeness (QED) is 0.727. The summed E-state index contributed by atoms with van der Waals surface area (Å²) in [7, 11) is 0. The maximum atomic E-state index is 11.7. The van der Waals surface area contributed by atoms with Crippen molar-refractivity contribution in [1.29, 1.82) is 0 Å². The Bertz CT molecular complexity index is 395. The molecular formula is C11H13NO2. The summed E-state index contributed by atoms with van der Waals surface area (Å²) in [6, 6.07) is 1.54. The molecular weight excluding hydrogens is 178 g/mol. The predicted molar refractivity (Wildman–Crippen MR) is 52.4 cm³/mol. The summed E-state index contributed by atoms with van der Waals surface area (Å²) in [5, 5.41) is 9.46. The maximum Gasteiger partial charge on any atom is 0.167 e. The zero-order valence-electron chi connectivity index (χ0n) is 8.37. The van der Waals surface area contributed by atoms with E-state index in [2.05, 4.69) is 4.98 Å². The average Bonchev–Trinajstić information content (AvgIpc) is 2.93. The van der Waals surface area contributed by atoms with Gasteiger partial charge in [-0.2, -0.15) is 0 Å². The van der Waals surface area contributed by atoms with E-state index >= 15 is 0 Å². The number of nitrogens with zero attached hydrogens (tertiary/aromatic N) is 1. The fourth-order valence-corrected chi connectivity index (χ4v) is 1.53. The van der Waals surface area contributed by atoms with E-state index in [0.717, 1.165) is 18.5 Å². The molecule has 3 nitrogen and oxygen atoms in total. The van der Waals surface area contributed by atoms with Crippen molar-refractivity contribution in [2.45, 2.75) is 26.7 Å². The van der Waals surface area contributed by atoms with Crippen LogP contribution in [0.1, 0.15) is 34.6 Å². The number of aromatic nitrogens is 1. The zero-order valence-corrected chi connectivity index (χ0v) is 8.37. The highest BCUT2D eigenvalue weighted by Crippen LogP contribution is 2.34. The second-order valence-electron chi connectivity index (χ2n) is 3.86. The summed E-state index contributed by atoms with van der Waals surface area (Å²) < 4.78 is 0. The molecule has 0 spiro atoms. The SMILES string of the molecule is Cc1nc(C)c(C(=O)C2CC2)cc1O. The Hall–Kier alpha value is -1.38. The average molecular weight is 191 g/mol. The molecule has 1 aliphatic carbocycles. The molecule has 0 aliphatic heterocycles. The number of rotatable bonds is 2. The van der Waals surface area contributed by atoms with Crippen LogP contribution in [0.5, 0.6) is 5.75 Å².